The quantitative estimate of drug-likeness (QED) is 0.680. The Morgan fingerprint density at radius 3 is 2.32 bits per heavy atom. The molecule has 1 heterocycles. The lowest BCUT2D eigenvalue weighted by atomic mass is 10.0. The molecule has 0 aliphatic rings. The third-order valence-electron chi connectivity index (χ3n) is 3.67. The standard InChI is InChI=1S/C16H19N3O3/c1-4-11-7-6-8-12(5-2)15(11)17-16(20)14-9-13(19(21)22)10-18(14)3/h6-10H,4-5H2,1-3H3,(H,17,20). The van der Waals surface area contributed by atoms with Crippen LogP contribution >= 0.6 is 0 Å². The fourth-order valence-corrected chi connectivity index (χ4v) is 2.45. The number of nitrogens with zero attached hydrogens (tertiary/aromatic N) is 2. The van der Waals surface area contributed by atoms with Gasteiger partial charge in [-0.05, 0) is 24.0 Å². The third-order valence-corrected chi connectivity index (χ3v) is 3.67. The summed E-state index contributed by atoms with van der Waals surface area (Å²) in [6.45, 7) is 4.05. The molecule has 0 fully saturated rings. The van der Waals surface area contributed by atoms with Crippen LogP contribution in [0.2, 0.25) is 0 Å². The predicted molar refractivity (Wildman–Crippen MR) is 85.2 cm³/mol. The van der Waals surface area contributed by atoms with Crippen molar-refractivity contribution in [1.82, 2.24) is 4.57 Å². The van der Waals surface area contributed by atoms with Gasteiger partial charge in [0.15, 0.2) is 0 Å². The number of rotatable bonds is 5. The van der Waals surface area contributed by atoms with Gasteiger partial charge in [0.25, 0.3) is 11.6 Å². The van der Waals surface area contributed by atoms with Gasteiger partial charge >= 0.3 is 0 Å². The SMILES string of the molecule is CCc1cccc(CC)c1NC(=O)c1cc([N+](=O)[O-])cn1C. The van der Waals surface area contributed by atoms with Crippen molar-refractivity contribution in [3.8, 4) is 0 Å². The summed E-state index contributed by atoms with van der Waals surface area (Å²) < 4.78 is 1.47. The number of carbonyl (C=O) groups is 1. The minimum atomic E-state index is -0.506. The molecule has 2 aromatic rings. The van der Waals surface area contributed by atoms with E-state index in [4.69, 9.17) is 0 Å². The molecule has 22 heavy (non-hydrogen) atoms. The molecule has 1 aromatic heterocycles. The van der Waals surface area contributed by atoms with E-state index in [1.807, 2.05) is 32.0 Å². The van der Waals surface area contributed by atoms with Gasteiger partial charge in [0, 0.05) is 18.8 Å². The zero-order valence-corrected chi connectivity index (χ0v) is 12.9. The van der Waals surface area contributed by atoms with Crippen LogP contribution in [0, 0.1) is 10.1 Å². The fourth-order valence-electron chi connectivity index (χ4n) is 2.45. The highest BCUT2D eigenvalue weighted by atomic mass is 16.6. The van der Waals surface area contributed by atoms with Crippen LogP contribution in [0.25, 0.3) is 0 Å². The maximum atomic E-state index is 12.5. The van der Waals surface area contributed by atoms with Crippen LogP contribution in [-0.2, 0) is 19.9 Å². The molecule has 0 radical (unpaired) electrons. The Morgan fingerprint density at radius 2 is 1.86 bits per heavy atom. The van der Waals surface area contributed by atoms with Crippen molar-refractivity contribution in [1.29, 1.82) is 0 Å². The first kappa shape index (κ1) is 15.8. The fraction of sp³-hybridized carbons (Fsp3) is 0.312. The van der Waals surface area contributed by atoms with Crippen molar-refractivity contribution >= 4 is 17.3 Å². The van der Waals surface area contributed by atoms with Gasteiger partial charge in [-0.1, -0.05) is 32.0 Å². The minimum absolute atomic E-state index is 0.0906. The zero-order valence-electron chi connectivity index (χ0n) is 12.9. The molecule has 6 heteroatoms. The number of hydrogen-bond donors (Lipinski definition) is 1. The number of benzene rings is 1. The highest BCUT2D eigenvalue weighted by Crippen LogP contribution is 2.24. The highest BCUT2D eigenvalue weighted by molar-refractivity contribution is 6.04. The molecule has 1 amide bonds. The van der Waals surface area contributed by atoms with Crippen LogP contribution in [0.5, 0.6) is 0 Å². The Balaban J connectivity index is 2.35. The summed E-state index contributed by atoms with van der Waals surface area (Å²) in [7, 11) is 1.62. The number of carbonyl (C=O) groups excluding carboxylic acids is 1. The summed E-state index contributed by atoms with van der Waals surface area (Å²) in [5, 5.41) is 13.7. The van der Waals surface area contributed by atoms with Crippen molar-refractivity contribution in [3.05, 3.63) is 57.4 Å². The van der Waals surface area contributed by atoms with E-state index < -0.39 is 4.92 Å². The molecule has 0 aliphatic carbocycles. The maximum absolute atomic E-state index is 12.5. The van der Waals surface area contributed by atoms with E-state index in [-0.39, 0.29) is 17.3 Å². The minimum Gasteiger partial charge on any atom is -0.340 e. The topological polar surface area (TPSA) is 77.2 Å². The van der Waals surface area contributed by atoms with Gasteiger partial charge in [0.2, 0.25) is 0 Å². The Labute approximate surface area is 128 Å². The predicted octanol–water partition coefficient (Wildman–Crippen LogP) is 3.31. The van der Waals surface area contributed by atoms with Gasteiger partial charge in [-0.15, -0.1) is 0 Å². The number of aromatic nitrogens is 1. The highest BCUT2D eigenvalue weighted by Gasteiger charge is 2.19. The summed E-state index contributed by atoms with van der Waals surface area (Å²) in [4.78, 5) is 22.8. The second-order valence-corrected chi connectivity index (χ2v) is 5.06. The van der Waals surface area contributed by atoms with E-state index in [1.165, 1.54) is 16.8 Å². The van der Waals surface area contributed by atoms with Crippen LogP contribution in [0.3, 0.4) is 0 Å². The lowest BCUT2D eigenvalue weighted by Gasteiger charge is -2.14. The molecular formula is C16H19N3O3. The molecule has 1 aromatic carbocycles. The van der Waals surface area contributed by atoms with Gasteiger partial charge in [-0.2, -0.15) is 0 Å². The maximum Gasteiger partial charge on any atom is 0.287 e. The van der Waals surface area contributed by atoms with Crippen LogP contribution < -0.4 is 5.32 Å². The molecule has 0 spiro atoms. The molecular weight excluding hydrogens is 282 g/mol. The first-order valence-electron chi connectivity index (χ1n) is 7.20. The molecule has 0 bridgehead atoms. The first-order chi connectivity index (χ1) is 10.5. The van der Waals surface area contributed by atoms with Gasteiger partial charge in [-0.3, -0.25) is 14.9 Å². The number of nitro groups is 1. The lowest BCUT2D eigenvalue weighted by Crippen LogP contribution is -2.17. The van der Waals surface area contributed by atoms with E-state index >= 15 is 0 Å². The second kappa shape index (κ2) is 6.43. The van der Waals surface area contributed by atoms with Crippen molar-refractivity contribution in [2.45, 2.75) is 26.7 Å². The number of nitrogens with one attached hydrogen (secondary N) is 1. The number of aryl methyl sites for hydroxylation is 3. The van der Waals surface area contributed by atoms with Crippen LogP contribution in [0.15, 0.2) is 30.5 Å². The van der Waals surface area contributed by atoms with Gasteiger partial charge in [-0.25, -0.2) is 0 Å². The molecule has 0 saturated heterocycles. The van der Waals surface area contributed by atoms with E-state index in [9.17, 15) is 14.9 Å². The van der Waals surface area contributed by atoms with Gasteiger partial charge < -0.3 is 9.88 Å². The Bertz CT molecular complexity index is 697. The summed E-state index contributed by atoms with van der Waals surface area (Å²) in [6.07, 6.45) is 2.94. The van der Waals surface area contributed by atoms with Crippen molar-refractivity contribution in [3.63, 3.8) is 0 Å². The van der Waals surface area contributed by atoms with Gasteiger partial charge in [0.05, 0.1) is 11.1 Å². The molecule has 2 rings (SSSR count). The van der Waals surface area contributed by atoms with Gasteiger partial charge in [0.1, 0.15) is 5.69 Å². The van der Waals surface area contributed by atoms with Crippen molar-refractivity contribution < 1.29 is 9.72 Å². The Kier molecular flexibility index (Phi) is 4.60. The van der Waals surface area contributed by atoms with E-state index in [2.05, 4.69) is 5.32 Å². The largest absolute Gasteiger partial charge is 0.340 e. The van der Waals surface area contributed by atoms with Crippen molar-refractivity contribution in [2.24, 2.45) is 7.05 Å². The third kappa shape index (κ3) is 3.00. The molecule has 116 valence electrons. The lowest BCUT2D eigenvalue weighted by molar-refractivity contribution is -0.384. The average Bonchev–Trinajstić information content (AvgIpc) is 2.89. The Hall–Kier alpha value is -2.63. The molecule has 0 unspecified atom stereocenters. The monoisotopic (exact) mass is 301 g/mol. The van der Waals surface area contributed by atoms with Crippen LogP contribution in [0.4, 0.5) is 11.4 Å². The number of anilines is 1. The summed E-state index contributed by atoms with van der Waals surface area (Å²) in [5.74, 6) is -0.341. The smallest absolute Gasteiger partial charge is 0.287 e. The number of amides is 1. The van der Waals surface area contributed by atoms with E-state index in [1.54, 1.807) is 7.05 Å². The number of para-hydroxylation sites is 1. The summed E-state index contributed by atoms with van der Waals surface area (Å²) in [6, 6.07) is 7.21. The number of hydrogen-bond acceptors (Lipinski definition) is 3. The van der Waals surface area contributed by atoms with Crippen LogP contribution in [0.1, 0.15) is 35.5 Å². The molecule has 0 saturated carbocycles. The van der Waals surface area contributed by atoms with E-state index in [0.717, 1.165) is 29.7 Å². The molecule has 0 atom stereocenters. The second-order valence-electron chi connectivity index (χ2n) is 5.06. The zero-order chi connectivity index (χ0) is 16.3. The average molecular weight is 301 g/mol. The summed E-state index contributed by atoms with van der Waals surface area (Å²) >= 11 is 0. The molecule has 6 nitrogen and oxygen atoms in total. The molecule has 0 aliphatic heterocycles. The van der Waals surface area contributed by atoms with Crippen LogP contribution in [-0.4, -0.2) is 15.4 Å². The summed E-state index contributed by atoms with van der Waals surface area (Å²) in [5.41, 5.74) is 3.08. The van der Waals surface area contributed by atoms with E-state index in [0.29, 0.717) is 0 Å². The normalized spacial score (nSPS) is 10.5. The molecule has 1 N–H and O–H groups in total. The Morgan fingerprint density at radius 1 is 1.27 bits per heavy atom. The first-order valence-corrected chi connectivity index (χ1v) is 7.20. The van der Waals surface area contributed by atoms with Crippen molar-refractivity contribution in [2.75, 3.05) is 5.32 Å².